The van der Waals surface area contributed by atoms with Gasteiger partial charge < -0.3 is 9.47 Å². The fourth-order valence-corrected chi connectivity index (χ4v) is 1.65. The summed E-state index contributed by atoms with van der Waals surface area (Å²) in [5, 5.41) is 0. The van der Waals surface area contributed by atoms with E-state index in [1.165, 1.54) is 0 Å². The van der Waals surface area contributed by atoms with Crippen molar-refractivity contribution in [3.63, 3.8) is 0 Å². The summed E-state index contributed by atoms with van der Waals surface area (Å²) in [7, 11) is 0. The highest BCUT2D eigenvalue weighted by Crippen LogP contribution is 2.18. The van der Waals surface area contributed by atoms with Crippen LogP contribution in [0.25, 0.3) is 0 Å². The van der Waals surface area contributed by atoms with Gasteiger partial charge >= 0.3 is 6.16 Å². The number of hydrogen-bond acceptors (Lipinski definition) is 7. The molecule has 7 nitrogen and oxygen atoms in total. The van der Waals surface area contributed by atoms with E-state index in [4.69, 9.17) is 29.0 Å². The van der Waals surface area contributed by atoms with E-state index in [2.05, 4.69) is 13.8 Å². The first-order chi connectivity index (χ1) is 11.2. The molecule has 0 unspecified atom stereocenters. The molecule has 0 saturated heterocycles. The van der Waals surface area contributed by atoms with E-state index in [0.29, 0.717) is 13.2 Å². The van der Waals surface area contributed by atoms with Gasteiger partial charge in [0.25, 0.3) is 0 Å². The number of ether oxygens (including phenoxy) is 2. The molecule has 0 fully saturated rings. The van der Waals surface area contributed by atoms with Crippen LogP contribution >= 0.6 is 0 Å². The van der Waals surface area contributed by atoms with Crippen LogP contribution in [0.3, 0.4) is 0 Å². The lowest BCUT2D eigenvalue weighted by molar-refractivity contribution is -0.424. The lowest BCUT2D eigenvalue weighted by Crippen LogP contribution is -2.37. The van der Waals surface area contributed by atoms with Crippen molar-refractivity contribution in [2.75, 3.05) is 13.2 Å². The smallest absolute Gasteiger partial charge is 0.399 e. The third-order valence-corrected chi connectivity index (χ3v) is 2.84. The Labute approximate surface area is 145 Å². The van der Waals surface area contributed by atoms with Gasteiger partial charge in [-0.25, -0.2) is 14.6 Å². The molecular weight excluding hydrogens is 316 g/mol. The van der Waals surface area contributed by atoms with Crippen molar-refractivity contribution in [1.29, 1.82) is 0 Å². The molecule has 144 valence electrons. The van der Waals surface area contributed by atoms with Crippen LogP contribution in [0.1, 0.15) is 80.1 Å². The average molecular weight is 350 g/mol. The van der Waals surface area contributed by atoms with Gasteiger partial charge in [0, 0.05) is 27.7 Å². The molecule has 0 atom stereocenters. The van der Waals surface area contributed by atoms with Crippen LogP contribution in [-0.2, 0) is 29.0 Å². The summed E-state index contributed by atoms with van der Waals surface area (Å²) in [6.45, 7) is 11.3. The molecular formula is C17H34O7. The zero-order chi connectivity index (χ0) is 18.5. The number of carbonyl (C=O) groups excluding carboxylic acids is 1. The van der Waals surface area contributed by atoms with Crippen LogP contribution in [0.5, 0.6) is 0 Å². The van der Waals surface area contributed by atoms with E-state index < -0.39 is 17.7 Å². The Hall–Kier alpha value is -0.890. The van der Waals surface area contributed by atoms with Crippen molar-refractivity contribution in [1.82, 2.24) is 0 Å². The molecule has 0 heterocycles. The molecule has 24 heavy (non-hydrogen) atoms. The Balaban J connectivity index is 4.01. The fraction of sp³-hybridized carbons (Fsp3) is 0.941. The molecule has 0 radical (unpaired) electrons. The first kappa shape index (κ1) is 23.1. The van der Waals surface area contributed by atoms with Crippen molar-refractivity contribution < 1.29 is 33.8 Å². The van der Waals surface area contributed by atoms with E-state index in [-0.39, 0.29) is 0 Å². The minimum Gasteiger partial charge on any atom is -0.399 e. The van der Waals surface area contributed by atoms with Gasteiger partial charge in [0.1, 0.15) is 0 Å². The molecule has 7 heteroatoms. The van der Waals surface area contributed by atoms with Crippen LogP contribution in [0, 0.1) is 0 Å². The van der Waals surface area contributed by atoms with Gasteiger partial charge in [0.2, 0.25) is 11.6 Å². The Bertz CT molecular complexity index is 299. The van der Waals surface area contributed by atoms with E-state index in [9.17, 15) is 4.79 Å². The van der Waals surface area contributed by atoms with Gasteiger partial charge in [-0.1, -0.05) is 39.5 Å². The predicted molar refractivity (Wildman–Crippen MR) is 88.8 cm³/mol. The third kappa shape index (κ3) is 13.5. The number of unbranched alkanes of at least 4 members (excludes halogenated alkanes) is 4. The lowest BCUT2D eigenvalue weighted by Gasteiger charge is -2.27. The van der Waals surface area contributed by atoms with E-state index >= 15 is 0 Å². The predicted octanol–water partition coefficient (Wildman–Crippen LogP) is 4.89. The normalized spacial score (nSPS) is 12.2. The van der Waals surface area contributed by atoms with E-state index in [1.807, 2.05) is 0 Å². The lowest BCUT2D eigenvalue weighted by atomic mass is 10.3. The maximum atomic E-state index is 11.8. The summed E-state index contributed by atoms with van der Waals surface area (Å²) >= 11 is 0. The molecule has 0 aromatic carbocycles. The summed E-state index contributed by atoms with van der Waals surface area (Å²) in [6.07, 6.45) is 5.11. The molecule has 0 rings (SSSR count). The zero-order valence-electron chi connectivity index (χ0n) is 16.0. The Kier molecular flexibility index (Phi) is 12.0. The van der Waals surface area contributed by atoms with E-state index in [1.54, 1.807) is 27.7 Å². The first-order valence-electron chi connectivity index (χ1n) is 8.75. The second-order valence-corrected chi connectivity index (χ2v) is 6.48. The zero-order valence-corrected chi connectivity index (χ0v) is 16.0. The number of rotatable bonds is 14. The first-order valence-corrected chi connectivity index (χ1v) is 8.75. The van der Waals surface area contributed by atoms with Crippen LogP contribution in [0.4, 0.5) is 4.79 Å². The summed E-state index contributed by atoms with van der Waals surface area (Å²) in [5.74, 6) is -2.53. The highest BCUT2D eigenvalue weighted by Gasteiger charge is 2.32. The third-order valence-electron chi connectivity index (χ3n) is 2.84. The van der Waals surface area contributed by atoms with Crippen LogP contribution in [-0.4, -0.2) is 30.9 Å². The van der Waals surface area contributed by atoms with Gasteiger partial charge in [-0.15, -0.1) is 0 Å². The second-order valence-electron chi connectivity index (χ2n) is 6.48. The molecule has 0 aromatic rings. The molecule has 0 aromatic heterocycles. The highest BCUT2D eigenvalue weighted by atomic mass is 17.2. The summed E-state index contributed by atoms with van der Waals surface area (Å²) in [4.78, 5) is 32.1. The average Bonchev–Trinajstić information content (AvgIpc) is 2.45. The number of carbonyl (C=O) groups is 1. The van der Waals surface area contributed by atoms with Gasteiger partial charge in [-0.05, 0) is 12.8 Å². The summed E-state index contributed by atoms with van der Waals surface area (Å²) in [6, 6.07) is 0. The monoisotopic (exact) mass is 350 g/mol. The molecule has 0 spiro atoms. The molecule has 0 aliphatic carbocycles. The topological polar surface area (TPSA) is 72.5 Å². The van der Waals surface area contributed by atoms with Crippen molar-refractivity contribution in [2.45, 2.75) is 91.6 Å². The Morgan fingerprint density at radius 3 is 1.42 bits per heavy atom. The van der Waals surface area contributed by atoms with Crippen molar-refractivity contribution in [2.24, 2.45) is 0 Å². The Morgan fingerprint density at radius 1 is 0.708 bits per heavy atom. The maximum absolute atomic E-state index is 11.8. The van der Waals surface area contributed by atoms with E-state index in [0.717, 1.165) is 38.5 Å². The van der Waals surface area contributed by atoms with Gasteiger partial charge in [0.05, 0.1) is 13.2 Å². The second kappa shape index (κ2) is 12.5. The van der Waals surface area contributed by atoms with Crippen molar-refractivity contribution in [3.05, 3.63) is 0 Å². The maximum Gasteiger partial charge on any atom is 0.513 e. The SMILES string of the molecule is CCCCCOOC(C)(C)OC(=O)OC(C)(C)OOCCCCC. The van der Waals surface area contributed by atoms with Crippen LogP contribution < -0.4 is 0 Å². The standard InChI is InChI=1S/C17H34O7/c1-7-9-11-13-19-23-16(3,4)21-15(18)22-17(5,6)24-20-14-12-10-8-2/h7-14H2,1-6H3. The largest absolute Gasteiger partial charge is 0.513 e. The molecule has 0 N–H and O–H groups in total. The number of hydrogen-bond donors (Lipinski definition) is 0. The van der Waals surface area contributed by atoms with Crippen molar-refractivity contribution >= 4 is 6.16 Å². The van der Waals surface area contributed by atoms with Gasteiger partial charge in [-0.3, -0.25) is 0 Å². The molecule has 0 amide bonds. The molecule has 0 saturated carbocycles. The minimum atomic E-state index is -1.26. The molecule has 0 aliphatic heterocycles. The fourth-order valence-electron chi connectivity index (χ4n) is 1.65. The van der Waals surface area contributed by atoms with Crippen LogP contribution in [0.2, 0.25) is 0 Å². The Morgan fingerprint density at radius 2 is 1.08 bits per heavy atom. The van der Waals surface area contributed by atoms with Gasteiger partial charge in [0.15, 0.2) is 0 Å². The van der Waals surface area contributed by atoms with Crippen LogP contribution in [0.15, 0.2) is 0 Å². The highest BCUT2D eigenvalue weighted by molar-refractivity contribution is 5.60. The minimum absolute atomic E-state index is 0.440. The molecule has 0 aliphatic rings. The van der Waals surface area contributed by atoms with Crippen molar-refractivity contribution in [3.8, 4) is 0 Å². The summed E-state index contributed by atoms with van der Waals surface area (Å²) in [5.41, 5.74) is 0. The quantitative estimate of drug-likeness (QED) is 0.145. The molecule has 0 bridgehead atoms. The summed E-state index contributed by atoms with van der Waals surface area (Å²) < 4.78 is 10.2. The van der Waals surface area contributed by atoms with Gasteiger partial charge in [-0.2, -0.15) is 9.78 Å².